The Morgan fingerprint density at radius 1 is 1.25 bits per heavy atom. The minimum absolute atomic E-state index is 0.0867. The lowest BCUT2D eigenvalue weighted by molar-refractivity contribution is -0.131. The molecule has 0 spiro atoms. The van der Waals surface area contributed by atoms with Crippen molar-refractivity contribution < 1.29 is 19.5 Å². The van der Waals surface area contributed by atoms with Gasteiger partial charge in [0.25, 0.3) is 11.8 Å². The molecule has 2 aliphatic rings. The Kier molecular flexibility index (Phi) is 4.64. The second-order valence-corrected chi connectivity index (χ2v) is 7.03. The highest BCUT2D eigenvalue weighted by atomic mass is 79.9. The molecule has 1 saturated heterocycles. The molecule has 0 bridgehead atoms. The Morgan fingerprint density at radius 2 is 1.92 bits per heavy atom. The summed E-state index contributed by atoms with van der Waals surface area (Å²) in [4.78, 5) is 37.9. The zero-order valence-electron chi connectivity index (χ0n) is 12.5. The third kappa shape index (κ3) is 3.06. The van der Waals surface area contributed by atoms with E-state index in [9.17, 15) is 19.5 Å². The fourth-order valence-corrected chi connectivity index (χ4v) is 3.82. The highest BCUT2D eigenvalue weighted by Crippen LogP contribution is 2.34. The normalized spacial score (nSPS) is 20.8. The van der Waals surface area contributed by atoms with Gasteiger partial charge in [-0.3, -0.25) is 19.8 Å². The van der Waals surface area contributed by atoms with Gasteiger partial charge in [-0.2, -0.15) is 0 Å². The van der Waals surface area contributed by atoms with Crippen LogP contribution in [-0.2, 0) is 9.59 Å². The number of amides is 4. The van der Waals surface area contributed by atoms with Crippen LogP contribution in [0, 0.1) is 0 Å². The van der Waals surface area contributed by atoms with E-state index in [1.54, 1.807) is 0 Å². The fourth-order valence-electron chi connectivity index (χ4n) is 3.00. The van der Waals surface area contributed by atoms with Crippen LogP contribution in [0.3, 0.4) is 0 Å². The van der Waals surface area contributed by atoms with Gasteiger partial charge in [0.1, 0.15) is 11.3 Å². The topological polar surface area (TPSA) is 86.7 Å². The molecule has 0 aromatic heterocycles. The smallest absolute Gasteiger partial charge is 0.331 e. The molecular weight excluding hydrogens is 400 g/mol. The number of benzene rings is 1. The molecule has 1 aromatic carbocycles. The van der Waals surface area contributed by atoms with E-state index in [-0.39, 0.29) is 22.4 Å². The second-order valence-electron chi connectivity index (χ2n) is 5.76. The van der Waals surface area contributed by atoms with E-state index in [2.05, 4.69) is 21.2 Å². The van der Waals surface area contributed by atoms with E-state index in [1.165, 1.54) is 18.2 Å². The number of nitrogens with one attached hydrogen (secondary N) is 1. The maximum atomic E-state index is 12.7. The number of hydrogen-bond acceptors (Lipinski definition) is 4. The standard InChI is InChI=1S/C16H14BrClN2O4/c17-11-6-8(7-12(18)13(11)21)5-10-14(22)19-16(24)20(15(10)23)9-3-1-2-4-9/h5-7,9,21H,1-4H2,(H,19,22,24)/b10-5+. The summed E-state index contributed by atoms with van der Waals surface area (Å²) in [7, 11) is 0. The van der Waals surface area contributed by atoms with E-state index >= 15 is 0 Å². The summed E-state index contributed by atoms with van der Waals surface area (Å²) in [6.45, 7) is 0. The Hall–Kier alpha value is -1.86. The van der Waals surface area contributed by atoms with Crippen LogP contribution in [-0.4, -0.2) is 33.9 Å². The Labute approximate surface area is 151 Å². The summed E-state index contributed by atoms with van der Waals surface area (Å²) < 4.78 is 0.342. The molecule has 2 fully saturated rings. The SMILES string of the molecule is O=C1NC(=O)N(C2CCCC2)C(=O)/C1=C/c1cc(Cl)c(O)c(Br)c1. The van der Waals surface area contributed by atoms with Crippen LogP contribution < -0.4 is 5.32 Å². The van der Waals surface area contributed by atoms with Gasteiger partial charge in [-0.05, 0) is 52.5 Å². The fraction of sp³-hybridized carbons (Fsp3) is 0.312. The van der Waals surface area contributed by atoms with Crippen molar-refractivity contribution in [3.63, 3.8) is 0 Å². The highest BCUT2D eigenvalue weighted by molar-refractivity contribution is 9.10. The van der Waals surface area contributed by atoms with Crippen LogP contribution in [0.2, 0.25) is 5.02 Å². The number of halogens is 2. The molecule has 8 heteroatoms. The minimum Gasteiger partial charge on any atom is -0.505 e. The quantitative estimate of drug-likeness (QED) is 0.576. The monoisotopic (exact) mass is 412 g/mol. The third-order valence-electron chi connectivity index (χ3n) is 4.17. The summed E-state index contributed by atoms with van der Waals surface area (Å²) in [5.41, 5.74) is 0.332. The molecule has 3 rings (SSSR count). The van der Waals surface area contributed by atoms with Gasteiger partial charge in [-0.25, -0.2) is 4.79 Å². The van der Waals surface area contributed by atoms with Gasteiger partial charge in [0.15, 0.2) is 0 Å². The van der Waals surface area contributed by atoms with Gasteiger partial charge >= 0.3 is 6.03 Å². The van der Waals surface area contributed by atoms with Crippen LogP contribution >= 0.6 is 27.5 Å². The first-order chi connectivity index (χ1) is 11.4. The molecule has 4 amide bonds. The lowest BCUT2D eigenvalue weighted by atomic mass is 10.1. The molecule has 1 aliphatic heterocycles. The summed E-state index contributed by atoms with van der Waals surface area (Å²) in [5.74, 6) is -1.46. The van der Waals surface area contributed by atoms with Crippen molar-refractivity contribution in [2.24, 2.45) is 0 Å². The first kappa shape index (κ1) is 17.0. The maximum Gasteiger partial charge on any atom is 0.331 e. The Morgan fingerprint density at radius 3 is 2.54 bits per heavy atom. The number of imide groups is 2. The number of hydrogen-bond donors (Lipinski definition) is 2. The van der Waals surface area contributed by atoms with Crippen molar-refractivity contribution in [1.29, 1.82) is 0 Å². The van der Waals surface area contributed by atoms with Gasteiger partial charge in [0.2, 0.25) is 0 Å². The van der Waals surface area contributed by atoms with Crippen molar-refractivity contribution in [1.82, 2.24) is 10.2 Å². The molecule has 1 heterocycles. The summed E-state index contributed by atoms with van der Waals surface area (Å²) >= 11 is 9.06. The Bertz CT molecular complexity index is 748. The molecule has 0 radical (unpaired) electrons. The molecule has 0 atom stereocenters. The number of urea groups is 1. The van der Waals surface area contributed by atoms with Crippen molar-refractivity contribution in [3.05, 3.63) is 32.8 Å². The van der Waals surface area contributed by atoms with Crippen molar-refractivity contribution in [3.8, 4) is 5.75 Å². The third-order valence-corrected chi connectivity index (χ3v) is 5.07. The van der Waals surface area contributed by atoms with E-state index in [1.807, 2.05) is 0 Å². The zero-order chi connectivity index (χ0) is 17.4. The number of phenolic OH excluding ortho intramolecular Hbond substituents is 1. The second kappa shape index (κ2) is 6.57. The first-order valence-electron chi connectivity index (χ1n) is 7.47. The maximum absolute atomic E-state index is 12.7. The number of rotatable bonds is 2. The molecule has 24 heavy (non-hydrogen) atoms. The van der Waals surface area contributed by atoms with Crippen LogP contribution in [0.1, 0.15) is 31.2 Å². The first-order valence-corrected chi connectivity index (χ1v) is 8.64. The van der Waals surface area contributed by atoms with Crippen LogP contribution in [0.4, 0.5) is 4.79 Å². The lowest BCUT2D eigenvalue weighted by Crippen LogP contribution is -2.57. The molecule has 1 aromatic rings. The van der Waals surface area contributed by atoms with Crippen LogP contribution in [0.5, 0.6) is 5.75 Å². The van der Waals surface area contributed by atoms with E-state index in [0.29, 0.717) is 10.0 Å². The van der Waals surface area contributed by atoms with Crippen LogP contribution in [0.25, 0.3) is 6.08 Å². The van der Waals surface area contributed by atoms with Gasteiger partial charge in [-0.1, -0.05) is 24.4 Å². The number of barbiturate groups is 1. The largest absolute Gasteiger partial charge is 0.505 e. The molecule has 1 saturated carbocycles. The highest BCUT2D eigenvalue weighted by Gasteiger charge is 2.40. The Balaban J connectivity index is 1.97. The summed E-state index contributed by atoms with van der Waals surface area (Å²) in [5, 5.41) is 12.0. The van der Waals surface area contributed by atoms with Crippen LogP contribution in [0.15, 0.2) is 22.2 Å². The molecule has 6 nitrogen and oxygen atoms in total. The average molecular weight is 414 g/mol. The molecule has 126 valence electrons. The number of carbonyl (C=O) groups is 3. The number of phenols is 1. The average Bonchev–Trinajstić information content (AvgIpc) is 3.02. The zero-order valence-corrected chi connectivity index (χ0v) is 14.9. The minimum atomic E-state index is -0.737. The van der Waals surface area contributed by atoms with Crippen molar-refractivity contribution >= 4 is 51.5 Å². The molecule has 2 N–H and O–H groups in total. The van der Waals surface area contributed by atoms with Gasteiger partial charge in [-0.15, -0.1) is 0 Å². The number of carbonyl (C=O) groups excluding carboxylic acids is 3. The van der Waals surface area contributed by atoms with Crippen molar-refractivity contribution in [2.75, 3.05) is 0 Å². The van der Waals surface area contributed by atoms with Crippen molar-refractivity contribution in [2.45, 2.75) is 31.7 Å². The molecular formula is C16H14BrClN2O4. The van der Waals surface area contributed by atoms with Gasteiger partial charge in [0.05, 0.1) is 9.50 Å². The predicted molar refractivity (Wildman–Crippen MR) is 91.4 cm³/mol. The van der Waals surface area contributed by atoms with E-state index in [0.717, 1.165) is 30.6 Å². The van der Waals surface area contributed by atoms with E-state index in [4.69, 9.17) is 11.6 Å². The number of aromatic hydroxyl groups is 1. The summed E-state index contributed by atoms with van der Waals surface area (Å²) in [6, 6.07) is 2.12. The number of nitrogens with zero attached hydrogens (tertiary/aromatic N) is 1. The van der Waals surface area contributed by atoms with Gasteiger partial charge in [0, 0.05) is 6.04 Å². The molecule has 1 aliphatic carbocycles. The predicted octanol–water partition coefficient (Wildman–Crippen LogP) is 3.21. The summed E-state index contributed by atoms with van der Waals surface area (Å²) in [6.07, 6.45) is 4.76. The van der Waals surface area contributed by atoms with Gasteiger partial charge < -0.3 is 5.11 Å². The lowest BCUT2D eigenvalue weighted by Gasteiger charge is -2.31. The molecule has 0 unspecified atom stereocenters. The van der Waals surface area contributed by atoms with E-state index < -0.39 is 17.8 Å².